The van der Waals surface area contributed by atoms with E-state index < -0.39 is 38.9 Å². The number of rotatable bonds is 6. The molecule has 6 nitrogen and oxygen atoms in total. The van der Waals surface area contributed by atoms with Gasteiger partial charge in [0.2, 0.25) is 10.0 Å². The lowest BCUT2D eigenvalue weighted by Crippen LogP contribution is -2.41. The van der Waals surface area contributed by atoms with Crippen molar-refractivity contribution in [2.45, 2.75) is 15.7 Å². The van der Waals surface area contributed by atoms with E-state index in [1.807, 2.05) is 0 Å². The molecule has 1 aromatic rings. The molecule has 0 heterocycles. The van der Waals surface area contributed by atoms with Gasteiger partial charge in [-0.05, 0) is 24.3 Å². The molecule has 20 heavy (non-hydrogen) atoms. The second-order valence-corrected chi connectivity index (χ2v) is 7.91. The molecular weight excluding hydrogens is 314 g/mol. The summed E-state index contributed by atoms with van der Waals surface area (Å²) < 4.78 is 73.4. The Morgan fingerprint density at radius 3 is 1.95 bits per heavy atom. The molecule has 0 saturated heterocycles. The van der Waals surface area contributed by atoms with E-state index in [9.17, 15) is 25.6 Å². The van der Waals surface area contributed by atoms with Crippen LogP contribution in [0.15, 0.2) is 34.1 Å². The van der Waals surface area contributed by atoms with Crippen molar-refractivity contribution in [2.24, 2.45) is 5.73 Å². The van der Waals surface area contributed by atoms with Crippen LogP contribution in [0.2, 0.25) is 0 Å². The Morgan fingerprint density at radius 2 is 1.55 bits per heavy atom. The zero-order valence-corrected chi connectivity index (χ0v) is 12.1. The summed E-state index contributed by atoms with van der Waals surface area (Å²) >= 11 is 0. The predicted octanol–water partition coefficient (Wildman–Crippen LogP) is -0.0376. The van der Waals surface area contributed by atoms with Gasteiger partial charge in [0.1, 0.15) is 0 Å². The zero-order chi connectivity index (χ0) is 15.6. The molecule has 3 N–H and O–H groups in total. The van der Waals surface area contributed by atoms with Gasteiger partial charge in [-0.15, -0.1) is 0 Å². The van der Waals surface area contributed by atoms with Gasteiger partial charge in [0.15, 0.2) is 9.84 Å². The summed E-state index contributed by atoms with van der Waals surface area (Å²) in [4.78, 5) is -0.374. The van der Waals surface area contributed by atoms with Crippen molar-refractivity contribution in [2.75, 3.05) is 19.3 Å². The molecule has 1 rings (SSSR count). The number of hydrogen-bond acceptors (Lipinski definition) is 5. The number of benzene rings is 1. The summed E-state index contributed by atoms with van der Waals surface area (Å²) in [5.41, 5.74) is 4.79. The van der Waals surface area contributed by atoms with Crippen molar-refractivity contribution < 1.29 is 25.6 Å². The molecule has 0 bridgehead atoms. The fourth-order valence-electron chi connectivity index (χ4n) is 1.22. The molecule has 0 aliphatic rings. The maximum atomic E-state index is 12.9. The van der Waals surface area contributed by atoms with Crippen molar-refractivity contribution in [3.63, 3.8) is 0 Å². The first-order chi connectivity index (χ1) is 8.98. The minimum atomic E-state index is -4.15. The molecule has 0 aliphatic carbocycles. The number of alkyl halides is 2. The molecule has 10 heteroatoms. The normalized spacial score (nSPS) is 13.4. The highest BCUT2D eigenvalue weighted by Gasteiger charge is 2.29. The van der Waals surface area contributed by atoms with Crippen LogP contribution in [-0.4, -0.2) is 42.1 Å². The lowest BCUT2D eigenvalue weighted by Gasteiger charge is -2.14. The Hall–Kier alpha value is -1.10. The van der Waals surface area contributed by atoms with E-state index in [0.29, 0.717) is 0 Å². The van der Waals surface area contributed by atoms with Gasteiger partial charge >= 0.3 is 0 Å². The summed E-state index contributed by atoms with van der Waals surface area (Å²) in [6, 6.07) is 4.23. The standard InChI is InChI=1S/C10H14F2N2O4S2/c1-19(15,16)8-2-4-9(5-3-8)20(17,18)14-7-10(11,12)6-13/h2-5,14H,6-7,13H2,1H3. The molecule has 0 atom stereocenters. The van der Waals surface area contributed by atoms with Gasteiger partial charge in [0.05, 0.1) is 22.9 Å². The third kappa shape index (κ3) is 4.47. The highest BCUT2D eigenvalue weighted by atomic mass is 32.2. The molecule has 0 aliphatic heterocycles. The van der Waals surface area contributed by atoms with Gasteiger partial charge in [-0.1, -0.05) is 0 Å². The fourth-order valence-corrected chi connectivity index (χ4v) is 2.91. The Morgan fingerprint density at radius 1 is 1.10 bits per heavy atom. The van der Waals surface area contributed by atoms with Crippen LogP contribution in [-0.2, 0) is 19.9 Å². The smallest absolute Gasteiger partial charge is 0.273 e. The van der Waals surface area contributed by atoms with Crippen LogP contribution in [0.5, 0.6) is 0 Å². The maximum Gasteiger partial charge on any atom is 0.273 e. The summed E-state index contributed by atoms with van der Waals surface area (Å²) in [5, 5.41) is 0. The van der Waals surface area contributed by atoms with E-state index in [1.165, 1.54) is 0 Å². The Balaban J connectivity index is 2.94. The van der Waals surface area contributed by atoms with Gasteiger partial charge in [0.25, 0.3) is 5.92 Å². The molecule has 114 valence electrons. The monoisotopic (exact) mass is 328 g/mol. The van der Waals surface area contributed by atoms with Crippen molar-refractivity contribution in [1.82, 2.24) is 4.72 Å². The topological polar surface area (TPSA) is 106 Å². The SMILES string of the molecule is CS(=O)(=O)c1ccc(S(=O)(=O)NCC(F)(F)CN)cc1. The third-order valence-corrected chi connectivity index (χ3v) is 4.93. The Labute approximate surface area is 115 Å². The predicted molar refractivity (Wildman–Crippen MR) is 68.7 cm³/mol. The first-order valence-corrected chi connectivity index (χ1v) is 8.73. The Bertz CT molecular complexity index is 670. The number of nitrogens with one attached hydrogen (secondary N) is 1. The van der Waals surface area contributed by atoms with E-state index in [-0.39, 0.29) is 9.79 Å². The molecular formula is C10H14F2N2O4S2. The minimum Gasteiger partial charge on any atom is -0.325 e. The van der Waals surface area contributed by atoms with Crippen LogP contribution in [0, 0.1) is 0 Å². The van der Waals surface area contributed by atoms with Crippen LogP contribution in [0.3, 0.4) is 0 Å². The van der Waals surface area contributed by atoms with Gasteiger partial charge in [-0.25, -0.2) is 30.3 Å². The van der Waals surface area contributed by atoms with Gasteiger partial charge < -0.3 is 5.73 Å². The lowest BCUT2D eigenvalue weighted by molar-refractivity contribution is 0.0170. The van der Waals surface area contributed by atoms with E-state index in [2.05, 4.69) is 0 Å². The van der Waals surface area contributed by atoms with Gasteiger partial charge in [-0.3, -0.25) is 0 Å². The van der Waals surface area contributed by atoms with Crippen molar-refractivity contribution >= 4 is 19.9 Å². The van der Waals surface area contributed by atoms with Crippen molar-refractivity contribution in [1.29, 1.82) is 0 Å². The van der Waals surface area contributed by atoms with E-state index >= 15 is 0 Å². The molecule has 0 fully saturated rings. The van der Waals surface area contributed by atoms with Crippen LogP contribution in [0.4, 0.5) is 8.78 Å². The summed E-state index contributed by atoms with van der Waals surface area (Å²) in [7, 11) is -7.60. The quantitative estimate of drug-likeness (QED) is 0.762. The summed E-state index contributed by atoms with van der Waals surface area (Å²) in [6.07, 6.45) is 0.969. The largest absolute Gasteiger partial charge is 0.325 e. The van der Waals surface area contributed by atoms with Crippen LogP contribution in [0.1, 0.15) is 0 Å². The fraction of sp³-hybridized carbons (Fsp3) is 0.400. The van der Waals surface area contributed by atoms with Crippen molar-refractivity contribution in [3.05, 3.63) is 24.3 Å². The zero-order valence-electron chi connectivity index (χ0n) is 10.5. The minimum absolute atomic E-state index is 0.0660. The van der Waals surface area contributed by atoms with Gasteiger partial charge in [0, 0.05) is 6.26 Å². The van der Waals surface area contributed by atoms with Crippen LogP contribution in [0.25, 0.3) is 0 Å². The average molecular weight is 328 g/mol. The molecule has 1 aromatic carbocycles. The summed E-state index contributed by atoms with van der Waals surface area (Å²) in [6.45, 7) is -2.11. The molecule has 0 saturated carbocycles. The molecule has 0 radical (unpaired) electrons. The van der Waals surface area contributed by atoms with Crippen LogP contribution < -0.4 is 10.5 Å². The average Bonchev–Trinajstić information content (AvgIpc) is 2.36. The highest BCUT2D eigenvalue weighted by Crippen LogP contribution is 2.16. The molecule has 0 amide bonds. The Kier molecular flexibility index (Phi) is 4.85. The second kappa shape index (κ2) is 5.72. The van der Waals surface area contributed by atoms with E-state index in [1.54, 1.807) is 4.72 Å². The number of sulfone groups is 1. The number of hydrogen-bond donors (Lipinski definition) is 2. The molecule has 0 aromatic heterocycles. The lowest BCUT2D eigenvalue weighted by atomic mass is 10.3. The molecule has 0 spiro atoms. The van der Waals surface area contributed by atoms with Crippen LogP contribution >= 0.6 is 0 Å². The second-order valence-electron chi connectivity index (χ2n) is 4.13. The van der Waals surface area contributed by atoms with Gasteiger partial charge in [-0.2, -0.15) is 0 Å². The number of sulfonamides is 1. The highest BCUT2D eigenvalue weighted by molar-refractivity contribution is 7.90. The first kappa shape index (κ1) is 17.0. The van der Waals surface area contributed by atoms with E-state index in [0.717, 1.165) is 30.5 Å². The maximum absolute atomic E-state index is 12.9. The third-order valence-electron chi connectivity index (χ3n) is 2.38. The van der Waals surface area contributed by atoms with E-state index in [4.69, 9.17) is 5.73 Å². The molecule has 0 unspecified atom stereocenters. The number of nitrogens with two attached hydrogens (primary N) is 1. The number of halogens is 2. The first-order valence-electron chi connectivity index (χ1n) is 5.36. The van der Waals surface area contributed by atoms with Crippen molar-refractivity contribution in [3.8, 4) is 0 Å². The summed E-state index contributed by atoms with van der Waals surface area (Å²) in [5.74, 6) is -3.35.